The predicted molar refractivity (Wildman–Crippen MR) is 98.3 cm³/mol. The fourth-order valence-electron chi connectivity index (χ4n) is 3.35. The van der Waals surface area contributed by atoms with Crippen LogP contribution in [-0.2, 0) is 16.0 Å². The van der Waals surface area contributed by atoms with Crippen molar-refractivity contribution in [1.82, 2.24) is 0 Å². The zero-order valence-corrected chi connectivity index (χ0v) is 14.1. The average molecular weight is 318 g/mol. The zero-order chi connectivity index (χ0) is 16.9. The molecule has 0 aromatic heterocycles. The van der Waals surface area contributed by atoms with Crippen molar-refractivity contribution < 1.29 is 9.53 Å². The third-order valence-corrected chi connectivity index (χ3v) is 4.59. The molecule has 2 heteroatoms. The number of benzene rings is 2. The van der Waals surface area contributed by atoms with E-state index in [-0.39, 0.29) is 17.8 Å². The van der Waals surface area contributed by atoms with Gasteiger partial charge in [-0.05, 0) is 41.5 Å². The lowest BCUT2D eigenvalue weighted by molar-refractivity contribution is -0.144. The minimum atomic E-state index is -0.279. The van der Waals surface area contributed by atoms with E-state index >= 15 is 0 Å². The molecule has 0 fully saturated rings. The average Bonchev–Trinajstić information content (AvgIpc) is 2.62. The van der Waals surface area contributed by atoms with E-state index < -0.39 is 0 Å². The van der Waals surface area contributed by atoms with Gasteiger partial charge in [0.25, 0.3) is 0 Å². The van der Waals surface area contributed by atoms with Crippen molar-refractivity contribution in [3.05, 3.63) is 83.4 Å². The Kier molecular flexibility index (Phi) is 4.95. The summed E-state index contributed by atoms with van der Waals surface area (Å²) in [4.78, 5) is 12.3. The summed E-state index contributed by atoms with van der Waals surface area (Å²) in [6.45, 7) is 2.11. The number of carbonyl (C=O) groups excluding carboxylic acids is 1. The summed E-state index contributed by atoms with van der Waals surface area (Å²) in [5, 5.41) is 0. The number of esters is 1. The third-order valence-electron chi connectivity index (χ3n) is 4.59. The number of hydrogen-bond donors (Lipinski definition) is 0. The summed E-state index contributed by atoms with van der Waals surface area (Å²) in [5.74, 6) is -0.346. The normalized spacial score (nSPS) is 17.9. The first-order valence-electron chi connectivity index (χ1n) is 8.27. The highest BCUT2D eigenvalue weighted by atomic mass is 16.5. The summed E-state index contributed by atoms with van der Waals surface area (Å²) in [6.07, 6.45) is 7.04. The van der Waals surface area contributed by atoms with Crippen LogP contribution in [0, 0.1) is 11.8 Å². The van der Waals surface area contributed by atoms with Crippen LogP contribution in [-0.4, -0.2) is 13.1 Å². The van der Waals surface area contributed by atoms with E-state index in [1.165, 1.54) is 23.8 Å². The van der Waals surface area contributed by atoms with Crippen LogP contribution in [0.3, 0.4) is 0 Å². The molecule has 2 nitrogen and oxygen atoms in total. The minimum absolute atomic E-state index is 0.118. The van der Waals surface area contributed by atoms with E-state index in [4.69, 9.17) is 4.74 Å². The molecule has 0 spiro atoms. The molecule has 2 atom stereocenters. The zero-order valence-electron chi connectivity index (χ0n) is 14.1. The van der Waals surface area contributed by atoms with E-state index in [0.717, 1.165) is 12.0 Å². The van der Waals surface area contributed by atoms with Crippen LogP contribution in [0.15, 0.2) is 66.7 Å². The molecular formula is C22H22O2. The van der Waals surface area contributed by atoms with Crippen molar-refractivity contribution in [3.63, 3.8) is 0 Å². The maximum Gasteiger partial charge on any atom is 0.313 e. The highest BCUT2D eigenvalue weighted by Gasteiger charge is 2.29. The largest absolute Gasteiger partial charge is 0.469 e. The molecular weight excluding hydrogens is 296 g/mol. The van der Waals surface area contributed by atoms with E-state index in [1.54, 1.807) is 0 Å². The molecule has 0 saturated heterocycles. The summed E-state index contributed by atoms with van der Waals surface area (Å²) < 4.78 is 5.06. The van der Waals surface area contributed by atoms with Gasteiger partial charge in [0.05, 0.1) is 13.0 Å². The first-order chi connectivity index (χ1) is 11.7. The monoisotopic (exact) mass is 318 g/mol. The highest BCUT2D eigenvalue weighted by molar-refractivity contribution is 5.78. The molecule has 2 aromatic carbocycles. The van der Waals surface area contributed by atoms with Crippen LogP contribution in [0.4, 0.5) is 0 Å². The quantitative estimate of drug-likeness (QED) is 0.759. The molecule has 2 aromatic rings. The van der Waals surface area contributed by atoms with Gasteiger partial charge < -0.3 is 4.74 Å². The Bertz CT molecular complexity index is 772. The van der Waals surface area contributed by atoms with Gasteiger partial charge in [0.2, 0.25) is 0 Å². The second-order valence-corrected chi connectivity index (χ2v) is 6.19. The van der Waals surface area contributed by atoms with Crippen molar-refractivity contribution in [2.45, 2.75) is 13.3 Å². The molecule has 0 N–H and O–H groups in total. The Balaban J connectivity index is 1.89. The Morgan fingerprint density at radius 3 is 2.58 bits per heavy atom. The first-order valence-corrected chi connectivity index (χ1v) is 8.27. The number of rotatable bonds is 4. The first kappa shape index (κ1) is 16.3. The van der Waals surface area contributed by atoms with Crippen LogP contribution in [0.25, 0.3) is 11.6 Å². The van der Waals surface area contributed by atoms with Gasteiger partial charge in [0, 0.05) is 0 Å². The standard InChI is InChI=1S/C22H22O2/c1-16-14-19(15-18-10-6-7-11-20(16)18)21(22(23)24-2)13-12-17-8-4-3-5-9-17/h3-14,19,21H,15H2,1-2H3. The smallest absolute Gasteiger partial charge is 0.313 e. The van der Waals surface area contributed by atoms with Crippen LogP contribution in [0.5, 0.6) is 0 Å². The van der Waals surface area contributed by atoms with Crippen LogP contribution >= 0.6 is 0 Å². The second kappa shape index (κ2) is 7.31. The summed E-state index contributed by atoms with van der Waals surface area (Å²) in [7, 11) is 1.46. The van der Waals surface area contributed by atoms with Gasteiger partial charge in [-0.15, -0.1) is 0 Å². The van der Waals surface area contributed by atoms with E-state index in [0.29, 0.717) is 0 Å². The van der Waals surface area contributed by atoms with Crippen LogP contribution in [0.2, 0.25) is 0 Å². The minimum Gasteiger partial charge on any atom is -0.469 e. The highest BCUT2D eigenvalue weighted by Crippen LogP contribution is 2.33. The fraction of sp³-hybridized carbons (Fsp3) is 0.227. The number of ether oxygens (including phenoxy) is 1. The maximum atomic E-state index is 12.3. The molecule has 24 heavy (non-hydrogen) atoms. The second-order valence-electron chi connectivity index (χ2n) is 6.19. The lowest BCUT2D eigenvalue weighted by Crippen LogP contribution is -2.26. The van der Waals surface area contributed by atoms with Gasteiger partial charge in [-0.25, -0.2) is 0 Å². The summed E-state index contributed by atoms with van der Waals surface area (Å²) >= 11 is 0. The third kappa shape index (κ3) is 3.48. The molecule has 3 rings (SSSR count). The van der Waals surface area contributed by atoms with Crippen LogP contribution in [0.1, 0.15) is 23.6 Å². The van der Waals surface area contributed by atoms with Crippen molar-refractivity contribution in [2.24, 2.45) is 11.8 Å². The molecule has 0 aliphatic heterocycles. The van der Waals surface area contributed by atoms with Gasteiger partial charge in [0.1, 0.15) is 0 Å². The van der Waals surface area contributed by atoms with Gasteiger partial charge in [-0.1, -0.05) is 72.8 Å². The Hall–Kier alpha value is -2.61. The SMILES string of the molecule is COC(=O)C(C=Cc1ccccc1)C1C=C(C)c2ccccc2C1. The van der Waals surface area contributed by atoms with Crippen LogP contribution < -0.4 is 0 Å². The molecule has 0 heterocycles. The Labute approximate surface area is 143 Å². The molecule has 1 aliphatic carbocycles. The Morgan fingerprint density at radius 2 is 1.83 bits per heavy atom. The molecule has 0 saturated carbocycles. The fourth-order valence-corrected chi connectivity index (χ4v) is 3.35. The molecule has 0 amide bonds. The predicted octanol–water partition coefficient (Wildman–Crippen LogP) is 4.76. The van der Waals surface area contributed by atoms with Gasteiger partial charge in [-0.2, -0.15) is 0 Å². The molecule has 122 valence electrons. The number of allylic oxidation sites excluding steroid dienone is 2. The van der Waals surface area contributed by atoms with Gasteiger partial charge in [-0.3, -0.25) is 4.79 Å². The van der Waals surface area contributed by atoms with Crippen molar-refractivity contribution in [1.29, 1.82) is 0 Å². The van der Waals surface area contributed by atoms with Crippen molar-refractivity contribution in [2.75, 3.05) is 7.11 Å². The Morgan fingerprint density at radius 1 is 1.12 bits per heavy atom. The summed E-state index contributed by atoms with van der Waals surface area (Å²) in [6, 6.07) is 18.4. The van der Waals surface area contributed by atoms with E-state index in [9.17, 15) is 4.79 Å². The van der Waals surface area contributed by atoms with Crippen molar-refractivity contribution in [3.8, 4) is 0 Å². The number of methoxy groups -OCH3 is 1. The maximum absolute atomic E-state index is 12.3. The molecule has 2 unspecified atom stereocenters. The number of carbonyl (C=O) groups is 1. The number of hydrogen-bond acceptors (Lipinski definition) is 2. The molecule has 0 bridgehead atoms. The summed E-state index contributed by atoms with van der Waals surface area (Å²) in [5.41, 5.74) is 4.89. The molecule has 1 aliphatic rings. The lowest BCUT2D eigenvalue weighted by atomic mass is 9.78. The van der Waals surface area contributed by atoms with Gasteiger partial charge in [0.15, 0.2) is 0 Å². The van der Waals surface area contributed by atoms with E-state index in [1.807, 2.05) is 42.5 Å². The van der Waals surface area contributed by atoms with E-state index in [2.05, 4.69) is 37.3 Å². The molecule has 0 radical (unpaired) electrons. The van der Waals surface area contributed by atoms with Gasteiger partial charge >= 0.3 is 5.97 Å². The lowest BCUT2D eigenvalue weighted by Gasteiger charge is -2.26. The number of fused-ring (bicyclic) bond motifs is 1. The topological polar surface area (TPSA) is 26.3 Å². The van der Waals surface area contributed by atoms with Crippen molar-refractivity contribution >= 4 is 17.6 Å².